The van der Waals surface area contributed by atoms with Gasteiger partial charge in [0.05, 0.1) is 11.1 Å². The van der Waals surface area contributed by atoms with E-state index in [1.54, 1.807) is 0 Å². The van der Waals surface area contributed by atoms with Crippen LogP contribution in [0.25, 0.3) is 0 Å². The van der Waals surface area contributed by atoms with Crippen molar-refractivity contribution in [3.8, 4) is 0 Å². The number of rotatable bonds is 0. The summed E-state index contributed by atoms with van der Waals surface area (Å²) >= 11 is 0. The standard InChI is InChI=1S/C21H32N4O/c1-19(2,3)18(26)25-12-11-21(14-25)17(24-20(4,5)6)23-16-10-8-7-9-15(16)13-22-21/h7-10,22H,11-14H2,1-6H3,(H,23,24). The average molecular weight is 357 g/mol. The molecule has 5 heteroatoms. The maximum atomic E-state index is 12.8. The monoisotopic (exact) mass is 356 g/mol. The number of nitrogens with one attached hydrogen (secondary N) is 2. The summed E-state index contributed by atoms with van der Waals surface area (Å²) in [6, 6.07) is 8.34. The smallest absolute Gasteiger partial charge is 0.228 e. The molecule has 1 aromatic carbocycles. The van der Waals surface area contributed by atoms with Crippen LogP contribution < -0.4 is 10.6 Å². The summed E-state index contributed by atoms with van der Waals surface area (Å²) < 4.78 is 0. The van der Waals surface area contributed by atoms with Crippen LogP contribution >= 0.6 is 0 Å². The van der Waals surface area contributed by atoms with Gasteiger partial charge in [-0.15, -0.1) is 0 Å². The van der Waals surface area contributed by atoms with Gasteiger partial charge in [0.15, 0.2) is 0 Å². The Morgan fingerprint density at radius 1 is 1.15 bits per heavy atom. The van der Waals surface area contributed by atoms with Crippen molar-refractivity contribution in [1.82, 2.24) is 10.2 Å². The predicted octanol–water partition coefficient (Wildman–Crippen LogP) is 3.42. The van der Waals surface area contributed by atoms with Crippen molar-refractivity contribution >= 4 is 17.4 Å². The van der Waals surface area contributed by atoms with Crippen molar-refractivity contribution in [2.75, 3.05) is 18.4 Å². The quantitative estimate of drug-likeness (QED) is 0.749. The van der Waals surface area contributed by atoms with E-state index in [1.165, 1.54) is 5.56 Å². The number of amides is 1. The molecule has 1 spiro atoms. The predicted molar refractivity (Wildman–Crippen MR) is 107 cm³/mol. The highest BCUT2D eigenvalue weighted by Gasteiger charge is 2.47. The van der Waals surface area contributed by atoms with Gasteiger partial charge in [-0.05, 0) is 38.8 Å². The van der Waals surface area contributed by atoms with E-state index in [4.69, 9.17) is 4.99 Å². The lowest BCUT2D eigenvalue weighted by molar-refractivity contribution is -0.138. The zero-order chi connectivity index (χ0) is 19.2. The first-order chi connectivity index (χ1) is 12.0. The van der Waals surface area contributed by atoms with Crippen LogP contribution in [-0.2, 0) is 11.3 Å². The number of carbonyl (C=O) groups excluding carboxylic acids is 1. The van der Waals surface area contributed by atoms with Crippen LogP contribution in [0.15, 0.2) is 29.3 Å². The topological polar surface area (TPSA) is 56.7 Å². The van der Waals surface area contributed by atoms with E-state index in [9.17, 15) is 4.79 Å². The molecule has 3 rings (SSSR count). The number of fused-ring (bicyclic) bond motifs is 1. The number of anilines is 1. The summed E-state index contributed by atoms with van der Waals surface area (Å²) in [4.78, 5) is 19.8. The highest BCUT2D eigenvalue weighted by Crippen LogP contribution is 2.32. The van der Waals surface area contributed by atoms with Crippen molar-refractivity contribution in [2.24, 2.45) is 10.4 Å². The van der Waals surface area contributed by atoms with Crippen LogP contribution in [0.1, 0.15) is 53.5 Å². The van der Waals surface area contributed by atoms with Gasteiger partial charge in [0.1, 0.15) is 5.84 Å². The van der Waals surface area contributed by atoms with Crippen LogP contribution in [0, 0.1) is 5.41 Å². The van der Waals surface area contributed by atoms with Crippen LogP contribution in [0.2, 0.25) is 0 Å². The van der Waals surface area contributed by atoms with Crippen LogP contribution in [-0.4, -0.2) is 40.8 Å². The lowest BCUT2D eigenvalue weighted by Gasteiger charge is -2.33. The first kappa shape index (κ1) is 18.9. The average Bonchev–Trinajstić information content (AvgIpc) is 2.89. The van der Waals surface area contributed by atoms with Gasteiger partial charge in [-0.3, -0.25) is 15.1 Å². The molecular formula is C21H32N4O. The van der Waals surface area contributed by atoms with Gasteiger partial charge in [0.25, 0.3) is 0 Å². The third-order valence-corrected chi connectivity index (χ3v) is 4.99. The maximum Gasteiger partial charge on any atom is 0.228 e. The third-order valence-electron chi connectivity index (χ3n) is 4.99. The van der Waals surface area contributed by atoms with Crippen molar-refractivity contribution in [2.45, 2.75) is 65.6 Å². The summed E-state index contributed by atoms with van der Waals surface area (Å²) in [6.07, 6.45) is 0.866. The van der Waals surface area contributed by atoms with Gasteiger partial charge < -0.3 is 10.2 Å². The molecule has 1 unspecified atom stereocenters. The SMILES string of the molecule is CC(C)(C)N=C1Nc2ccccc2CNC12CCN(C(=O)C(C)(C)C)C2. The molecule has 5 nitrogen and oxygen atoms in total. The lowest BCUT2D eigenvalue weighted by atomic mass is 9.94. The molecule has 2 heterocycles. The zero-order valence-corrected chi connectivity index (χ0v) is 16.9. The highest BCUT2D eigenvalue weighted by atomic mass is 16.2. The Balaban J connectivity index is 1.97. The molecule has 0 radical (unpaired) electrons. The van der Waals surface area contributed by atoms with Gasteiger partial charge in [-0.2, -0.15) is 0 Å². The molecular weight excluding hydrogens is 324 g/mol. The number of likely N-dealkylation sites (tertiary alicyclic amines) is 1. The molecule has 2 N–H and O–H groups in total. The number of aliphatic imine (C=N–C) groups is 1. The van der Waals surface area contributed by atoms with E-state index >= 15 is 0 Å². The Labute approximate surface area is 157 Å². The maximum absolute atomic E-state index is 12.8. The Kier molecular flexibility index (Phi) is 4.63. The number of benzene rings is 1. The van der Waals surface area contributed by atoms with Crippen molar-refractivity contribution < 1.29 is 4.79 Å². The number of amidine groups is 1. The van der Waals surface area contributed by atoms with Gasteiger partial charge in [-0.25, -0.2) is 0 Å². The van der Waals surface area contributed by atoms with Crippen molar-refractivity contribution in [1.29, 1.82) is 0 Å². The Bertz CT molecular complexity index is 726. The van der Waals surface area contributed by atoms with E-state index in [-0.39, 0.29) is 22.4 Å². The number of para-hydroxylation sites is 1. The number of hydrogen-bond acceptors (Lipinski definition) is 3. The molecule has 2 aliphatic rings. The summed E-state index contributed by atoms with van der Waals surface area (Å²) in [5, 5.41) is 7.33. The Hall–Kier alpha value is -1.88. The summed E-state index contributed by atoms with van der Waals surface area (Å²) in [5.74, 6) is 1.15. The fraction of sp³-hybridized carbons (Fsp3) is 0.619. The molecule has 0 aromatic heterocycles. The summed E-state index contributed by atoms with van der Waals surface area (Å²) in [7, 11) is 0. The number of hydrogen-bond donors (Lipinski definition) is 2. The summed E-state index contributed by atoms with van der Waals surface area (Å²) in [5.41, 5.74) is 1.44. The molecule has 1 saturated heterocycles. The molecule has 0 bridgehead atoms. The zero-order valence-electron chi connectivity index (χ0n) is 16.9. The number of carbonyl (C=O) groups is 1. The molecule has 1 aromatic rings. The van der Waals surface area contributed by atoms with E-state index in [0.29, 0.717) is 6.54 Å². The molecule has 1 fully saturated rings. The minimum atomic E-state index is -0.367. The van der Waals surface area contributed by atoms with Gasteiger partial charge >= 0.3 is 0 Å². The fourth-order valence-electron chi connectivity index (χ4n) is 3.66. The first-order valence-corrected chi connectivity index (χ1v) is 9.50. The van der Waals surface area contributed by atoms with Crippen LogP contribution in [0.5, 0.6) is 0 Å². The van der Waals surface area contributed by atoms with Crippen molar-refractivity contribution in [3.05, 3.63) is 29.8 Å². The van der Waals surface area contributed by atoms with E-state index in [0.717, 1.165) is 31.0 Å². The van der Waals surface area contributed by atoms with Gasteiger partial charge in [0.2, 0.25) is 5.91 Å². The fourth-order valence-corrected chi connectivity index (χ4v) is 3.66. The minimum Gasteiger partial charge on any atom is -0.342 e. The second kappa shape index (κ2) is 6.38. The van der Waals surface area contributed by atoms with Crippen LogP contribution in [0.4, 0.5) is 5.69 Å². The normalized spacial score (nSPS) is 25.2. The minimum absolute atomic E-state index is 0.197. The second-order valence-electron chi connectivity index (χ2n) is 9.58. The molecule has 1 atom stereocenters. The Morgan fingerprint density at radius 2 is 1.85 bits per heavy atom. The van der Waals surface area contributed by atoms with E-state index < -0.39 is 0 Å². The second-order valence-corrected chi connectivity index (χ2v) is 9.58. The molecule has 2 aliphatic heterocycles. The highest BCUT2D eigenvalue weighted by molar-refractivity contribution is 6.04. The first-order valence-electron chi connectivity index (χ1n) is 9.50. The van der Waals surface area contributed by atoms with Crippen LogP contribution in [0.3, 0.4) is 0 Å². The lowest BCUT2D eigenvalue weighted by Crippen LogP contribution is -2.56. The summed E-state index contributed by atoms with van der Waals surface area (Å²) in [6.45, 7) is 14.5. The molecule has 142 valence electrons. The Morgan fingerprint density at radius 3 is 2.50 bits per heavy atom. The molecule has 0 aliphatic carbocycles. The molecule has 0 saturated carbocycles. The van der Waals surface area contributed by atoms with E-state index in [2.05, 4.69) is 49.6 Å². The largest absolute Gasteiger partial charge is 0.342 e. The van der Waals surface area contributed by atoms with Gasteiger partial charge in [-0.1, -0.05) is 39.0 Å². The van der Waals surface area contributed by atoms with Gasteiger partial charge in [0, 0.05) is 30.7 Å². The van der Waals surface area contributed by atoms with E-state index in [1.807, 2.05) is 31.7 Å². The number of nitrogens with zero attached hydrogens (tertiary/aromatic N) is 2. The molecule has 26 heavy (non-hydrogen) atoms. The third kappa shape index (κ3) is 3.78. The van der Waals surface area contributed by atoms with Crippen molar-refractivity contribution in [3.63, 3.8) is 0 Å². The molecule has 1 amide bonds.